The molecule has 0 saturated heterocycles. The van der Waals surface area contributed by atoms with Crippen LogP contribution >= 0.6 is 0 Å². The van der Waals surface area contributed by atoms with E-state index in [4.69, 9.17) is 4.74 Å². The van der Waals surface area contributed by atoms with Gasteiger partial charge in [-0.2, -0.15) is 0 Å². The van der Waals surface area contributed by atoms with Gasteiger partial charge in [0.25, 0.3) is 0 Å². The highest BCUT2D eigenvalue weighted by molar-refractivity contribution is 5.91. The standard InChI is InChI=1S/C28H40O7/c1-15-11-23(35-24(32)18(15)14-29)27(4,33)21-8-10-28(34)20-6-5-16-12-17(30)13-22(31)26(16,3)19(20)7-9-25(21,28)2/h5,17,19-21,23,29-30,33-34H,6-14H2,1-4H3. The topological polar surface area (TPSA) is 124 Å². The van der Waals surface area contributed by atoms with Gasteiger partial charge in [0.15, 0.2) is 0 Å². The molecule has 5 rings (SSSR count). The minimum absolute atomic E-state index is 0.00840. The number of Topliss-reactive ketones (excluding diaryl/α,β-unsaturated/α-hetero) is 1. The van der Waals surface area contributed by atoms with Crippen LogP contribution in [-0.4, -0.2) is 62.2 Å². The van der Waals surface area contributed by atoms with Crippen LogP contribution in [0.2, 0.25) is 0 Å². The third kappa shape index (κ3) is 3.24. The van der Waals surface area contributed by atoms with E-state index in [0.29, 0.717) is 38.5 Å². The van der Waals surface area contributed by atoms with E-state index in [0.717, 1.165) is 17.6 Å². The minimum atomic E-state index is -1.35. The molecule has 0 aromatic rings. The van der Waals surface area contributed by atoms with Gasteiger partial charge >= 0.3 is 5.97 Å². The molecule has 4 aliphatic carbocycles. The van der Waals surface area contributed by atoms with Gasteiger partial charge in [-0.25, -0.2) is 4.79 Å². The summed E-state index contributed by atoms with van der Waals surface area (Å²) in [5, 5.41) is 44.0. The predicted octanol–water partition coefficient (Wildman–Crippen LogP) is 2.60. The van der Waals surface area contributed by atoms with Crippen molar-refractivity contribution >= 4 is 11.8 Å². The van der Waals surface area contributed by atoms with E-state index in [1.807, 2.05) is 6.92 Å². The van der Waals surface area contributed by atoms with Crippen molar-refractivity contribution < 1.29 is 34.8 Å². The third-order valence-electron chi connectivity index (χ3n) is 11.1. The second kappa shape index (κ2) is 7.98. The number of hydrogen-bond acceptors (Lipinski definition) is 7. The van der Waals surface area contributed by atoms with Crippen molar-refractivity contribution in [3.05, 3.63) is 22.8 Å². The molecule has 0 aromatic carbocycles. The highest BCUT2D eigenvalue weighted by Gasteiger charge is 2.70. The average molecular weight is 489 g/mol. The Morgan fingerprint density at radius 2 is 1.83 bits per heavy atom. The SMILES string of the molecule is CC1=C(CO)C(=O)OC(C(C)(O)C2CCC3(O)C4CC=C5CC(O)CC(=O)C5(C)C4CCC23C)C1. The van der Waals surface area contributed by atoms with Gasteiger partial charge in [-0.3, -0.25) is 4.79 Å². The monoisotopic (exact) mass is 488 g/mol. The van der Waals surface area contributed by atoms with Crippen molar-refractivity contribution in [2.75, 3.05) is 6.61 Å². The smallest absolute Gasteiger partial charge is 0.336 e. The molecular formula is C28H40O7. The van der Waals surface area contributed by atoms with Gasteiger partial charge in [0.1, 0.15) is 17.5 Å². The fourth-order valence-electron chi connectivity index (χ4n) is 8.97. The fourth-order valence-corrected chi connectivity index (χ4v) is 8.97. The number of fused-ring (bicyclic) bond motifs is 5. The number of carbonyl (C=O) groups excluding carboxylic acids is 2. The molecule has 1 aliphatic heterocycles. The van der Waals surface area contributed by atoms with Crippen LogP contribution in [0.4, 0.5) is 0 Å². The molecular weight excluding hydrogens is 448 g/mol. The summed E-state index contributed by atoms with van der Waals surface area (Å²) in [4.78, 5) is 25.7. The number of aliphatic hydroxyl groups is 4. The summed E-state index contributed by atoms with van der Waals surface area (Å²) in [5.41, 5.74) is -1.65. The molecule has 5 aliphatic rings. The molecule has 7 heteroatoms. The first-order chi connectivity index (χ1) is 16.3. The Kier molecular flexibility index (Phi) is 5.73. The van der Waals surface area contributed by atoms with Gasteiger partial charge in [0, 0.05) is 18.3 Å². The van der Waals surface area contributed by atoms with E-state index < -0.39 is 40.2 Å². The van der Waals surface area contributed by atoms with Crippen molar-refractivity contribution in [2.45, 2.75) is 102 Å². The lowest BCUT2D eigenvalue weighted by Gasteiger charge is -2.61. The minimum Gasteiger partial charge on any atom is -0.456 e. The van der Waals surface area contributed by atoms with Gasteiger partial charge in [-0.1, -0.05) is 24.1 Å². The predicted molar refractivity (Wildman–Crippen MR) is 128 cm³/mol. The Labute approximate surface area is 207 Å². The number of ketones is 1. The van der Waals surface area contributed by atoms with Gasteiger partial charge in [-0.15, -0.1) is 0 Å². The summed E-state index contributed by atoms with van der Waals surface area (Å²) in [6, 6.07) is 0. The van der Waals surface area contributed by atoms with E-state index in [-0.39, 0.29) is 42.1 Å². The Morgan fingerprint density at radius 3 is 2.49 bits per heavy atom. The Morgan fingerprint density at radius 1 is 1.11 bits per heavy atom. The molecule has 3 saturated carbocycles. The van der Waals surface area contributed by atoms with Crippen molar-refractivity contribution in [1.82, 2.24) is 0 Å². The summed E-state index contributed by atoms with van der Waals surface area (Å²) in [7, 11) is 0. The lowest BCUT2D eigenvalue weighted by atomic mass is 9.44. The first-order valence-electron chi connectivity index (χ1n) is 13.2. The summed E-state index contributed by atoms with van der Waals surface area (Å²) in [6.07, 6.45) is 4.99. The zero-order chi connectivity index (χ0) is 25.6. The lowest BCUT2D eigenvalue weighted by Crippen LogP contribution is -2.64. The third-order valence-corrected chi connectivity index (χ3v) is 11.1. The molecule has 35 heavy (non-hydrogen) atoms. The maximum Gasteiger partial charge on any atom is 0.336 e. The van der Waals surface area contributed by atoms with E-state index in [1.54, 1.807) is 13.8 Å². The van der Waals surface area contributed by atoms with Crippen molar-refractivity contribution in [2.24, 2.45) is 28.6 Å². The van der Waals surface area contributed by atoms with Gasteiger partial charge in [0.2, 0.25) is 0 Å². The second-order valence-electron chi connectivity index (χ2n) is 12.6. The Bertz CT molecular complexity index is 1010. The van der Waals surface area contributed by atoms with Crippen LogP contribution in [0.15, 0.2) is 22.8 Å². The summed E-state index contributed by atoms with van der Waals surface area (Å²) in [6.45, 7) is 7.21. The number of allylic oxidation sites excluding steroid dienone is 1. The maximum atomic E-state index is 13.2. The summed E-state index contributed by atoms with van der Waals surface area (Å²) in [5.74, 6) is -0.897. The quantitative estimate of drug-likeness (QED) is 0.356. The number of ether oxygens (including phenoxy) is 1. The van der Waals surface area contributed by atoms with Crippen LogP contribution in [0, 0.1) is 28.6 Å². The molecule has 9 unspecified atom stereocenters. The Balaban J connectivity index is 1.47. The number of rotatable bonds is 3. The number of aliphatic hydroxyl groups excluding tert-OH is 2. The molecule has 0 aromatic heterocycles. The number of esters is 1. The molecule has 0 amide bonds. The van der Waals surface area contributed by atoms with Crippen LogP contribution in [0.1, 0.15) is 79.1 Å². The van der Waals surface area contributed by atoms with Crippen LogP contribution < -0.4 is 0 Å². The van der Waals surface area contributed by atoms with Crippen molar-refractivity contribution in [3.63, 3.8) is 0 Å². The highest BCUT2D eigenvalue weighted by atomic mass is 16.6. The van der Waals surface area contributed by atoms with Crippen LogP contribution in [-0.2, 0) is 14.3 Å². The van der Waals surface area contributed by atoms with Crippen LogP contribution in [0.25, 0.3) is 0 Å². The zero-order valence-corrected chi connectivity index (χ0v) is 21.3. The molecule has 0 spiro atoms. The second-order valence-corrected chi connectivity index (χ2v) is 12.6. The maximum absolute atomic E-state index is 13.2. The number of cyclic esters (lactones) is 1. The first-order valence-corrected chi connectivity index (χ1v) is 13.2. The normalized spacial score (nSPS) is 47.3. The van der Waals surface area contributed by atoms with E-state index >= 15 is 0 Å². The summed E-state index contributed by atoms with van der Waals surface area (Å²) >= 11 is 0. The average Bonchev–Trinajstić information content (AvgIpc) is 3.06. The molecule has 1 heterocycles. The molecule has 7 nitrogen and oxygen atoms in total. The molecule has 4 N–H and O–H groups in total. The van der Waals surface area contributed by atoms with E-state index in [1.165, 1.54) is 0 Å². The Hall–Kier alpha value is -1.54. The first kappa shape index (κ1) is 25.1. The molecule has 9 atom stereocenters. The largest absolute Gasteiger partial charge is 0.456 e. The van der Waals surface area contributed by atoms with Crippen LogP contribution in [0.5, 0.6) is 0 Å². The zero-order valence-electron chi connectivity index (χ0n) is 21.3. The highest BCUT2D eigenvalue weighted by Crippen LogP contribution is 2.69. The lowest BCUT2D eigenvalue weighted by molar-refractivity contribution is -0.215. The van der Waals surface area contributed by atoms with Gasteiger partial charge < -0.3 is 25.2 Å². The van der Waals surface area contributed by atoms with Gasteiger partial charge in [-0.05, 0) is 77.0 Å². The van der Waals surface area contributed by atoms with Crippen molar-refractivity contribution in [3.8, 4) is 0 Å². The molecule has 194 valence electrons. The molecule has 0 radical (unpaired) electrons. The fraction of sp³-hybridized carbons (Fsp3) is 0.786. The molecule has 3 fully saturated rings. The summed E-state index contributed by atoms with van der Waals surface area (Å²) < 4.78 is 5.65. The number of hydrogen-bond donors (Lipinski definition) is 4. The van der Waals surface area contributed by atoms with Gasteiger partial charge in [0.05, 0.1) is 29.3 Å². The van der Waals surface area contributed by atoms with Crippen molar-refractivity contribution in [1.29, 1.82) is 0 Å². The van der Waals surface area contributed by atoms with Crippen LogP contribution in [0.3, 0.4) is 0 Å². The van der Waals surface area contributed by atoms with E-state index in [9.17, 15) is 30.0 Å². The van der Waals surface area contributed by atoms with E-state index in [2.05, 4.69) is 13.0 Å². The number of carbonyl (C=O) groups is 2. The molecule has 0 bridgehead atoms.